The monoisotopic (exact) mass is 386 g/mol. The van der Waals surface area contributed by atoms with Crippen molar-refractivity contribution < 1.29 is 22.7 Å². The van der Waals surface area contributed by atoms with E-state index in [1.54, 1.807) is 18.2 Å². The number of aromatic nitrogens is 1. The maximum absolute atomic E-state index is 12.5. The molecule has 0 aliphatic carbocycles. The van der Waals surface area contributed by atoms with Gasteiger partial charge in [0.25, 0.3) is 0 Å². The molecule has 1 N–H and O–H groups in total. The summed E-state index contributed by atoms with van der Waals surface area (Å²) in [6.45, 7) is 0. The molecule has 0 radical (unpaired) electrons. The first-order valence-corrected chi connectivity index (χ1v) is 7.31. The van der Waals surface area contributed by atoms with Crippen molar-refractivity contribution >= 4 is 15.9 Å². The molecule has 1 aromatic heterocycles. The fourth-order valence-corrected chi connectivity index (χ4v) is 2.19. The van der Waals surface area contributed by atoms with E-state index >= 15 is 0 Å². The van der Waals surface area contributed by atoms with Gasteiger partial charge in [-0.25, -0.2) is 10.5 Å². The summed E-state index contributed by atoms with van der Waals surface area (Å²) in [5.74, 6) is 0.850. The number of nitrogens with zero attached hydrogens (tertiary/aromatic N) is 1. The second kappa shape index (κ2) is 6.21. The summed E-state index contributed by atoms with van der Waals surface area (Å²) < 4.78 is 43.8. The molecule has 0 fully saturated rings. The van der Waals surface area contributed by atoms with Crippen molar-refractivity contribution in [3.63, 3.8) is 0 Å². The van der Waals surface area contributed by atoms with Crippen molar-refractivity contribution in [2.45, 2.75) is 12.3 Å². The van der Waals surface area contributed by atoms with E-state index in [9.17, 15) is 13.2 Å². The molecule has 1 atom stereocenters. The van der Waals surface area contributed by atoms with Gasteiger partial charge in [-0.3, -0.25) is 4.84 Å². The van der Waals surface area contributed by atoms with Gasteiger partial charge in [-0.2, -0.15) is 13.2 Å². The van der Waals surface area contributed by atoms with E-state index in [4.69, 9.17) is 9.57 Å². The Balaban J connectivity index is 1.70. The number of hydroxylamine groups is 1. The first kappa shape index (κ1) is 15.8. The van der Waals surface area contributed by atoms with Crippen LogP contribution in [0.3, 0.4) is 0 Å². The maximum atomic E-state index is 12.5. The SMILES string of the molecule is FC(F)(F)c1ccc([C@H]2C=C(Oc3ccc(Br)nc3)NO2)cc1. The minimum atomic E-state index is -4.36. The van der Waals surface area contributed by atoms with Crippen LogP contribution in [0.4, 0.5) is 13.2 Å². The number of rotatable bonds is 3. The van der Waals surface area contributed by atoms with Crippen LogP contribution in [0.1, 0.15) is 17.2 Å². The number of hydrogen-bond donors (Lipinski definition) is 1. The van der Waals surface area contributed by atoms with Gasteiger partial charge in [-0.05, 0) is 45.8 Å². The van der Waals surface area contributed by atoms with Gasteiger partial charge in [0, 0.05) is 6.08 Å². The molecule has 1 aliphatic heterocycles. The zero-order chi connectivity index (χ0) is 16.4. The predicted molar refractivity (Wildman–Crippen MR) is 79.1 cm³/mol. The minimum absolute atomic E-state index is 0.346. The Morgan fingerprint density at radius 2 is 1.87 bits per heavy atom. The number of benzene rings is 1. The van der Waals surface area contributed by atoms with Crippen LogP contribution in [0.25, 0.3) is 0 Å². The second-order valence-electron chi connectivity index (χ2n) is 4.71. The molecule has 0 spiro atoms. The Hall–Kier alpha value is -2.06. The lowest BCUT2D eigenvalue weighted by Crippen LogP contribution is -2.12. The van der Waals surface area contributed by atoms with E-state index in [-0.39, 0.29) is 0 Å². The minimum Gasteiger partial charge on any atom is -0.438 e. The third-order valence-corrected chi connectivity index (χ3v) is 3.55. The highest BCUT2D eigenvalue weighted by Gasteiger charge is 2.30. The predicted octanol–water partition coefficient (Wildman–Crippen LogP) is 4.36. The average Bonchev–Trinajstić information content (AvgIpc) is 2.97. The van der Waals surface area contributed by atoms with Crippen molar-refractivity contribution in [3.8, 4) is 5.75 Å². The highest BCUT2D eigenvalue weighted by molar-refractivity contribution is 9.10. The summed E-state index contributed by atoms with van der Waals surface area (Å²) in [4.78, 5) is 9.31. The van der Waals surface area contributed by atoms with Crippen LogP contribution in [-0.4, -0.2) is 4.98 Å². The molecular weight excluding hydrogens is 377 g/mol. The van der Waals surface area contributed by atoms with Gasteiger partial charge >= 0.3 is 6.18 Å². The van der Waals surface area contributed by atoms with Crippen molar-refractivity contribution in [1.82, 2.24) is 10.5 Å². The summed E-state index contributed by atoms with van der Waals surface area (Å²) in [5.41, 5.74) is 2.47. The molecule has 2 heterocycles. The van der Waals surface area contributed by atoms with Crippen LogP contribution >= 0.6 is 15.9 Å². The molecule has 3 rings (SSSR count). The normalized spacial score (nSPS) is 17.6. The summed E-state index contributed by atoms with van der Waals surface area (Å²) in [5, 5.41) is 0. The van der Waals surface area contributed by atoms with E-state index in [1.807, 2.05) is 0 Å². The van der Waals surface area contributed by atoms with E-state index in [2.05, 4.69) is 26.4 Å². The summed E-state index contributed by atoms with van der Waals surface area (Å²) >= 11 is 3.22. The van der Waals surface area contributed by atoms with Gasteiger partial charge in [0.05, 0.1) is 11.8 Å². The molecule has 0 saturated heterocycles. The molecule has 1 aromatic carbocycles. The Kier molecular flexibility index (Phi) is 4.27. The Morgan fingerprint density at radius 1 is 1.13 bits per heavy atom. The second-order valence-corrected chi connectivity index (χ2v) is 5.52. The molecule has 1 aliphatic rings. The van der Waals surface area contributed by atoms with Gasteiger partial charge in [-0.15, -0.1) is 0 Å². The van der Waals surface area contributed by atoms with Crippen molar-refractivity contribution in [2.75, 3.05) is 0 Å². The molecule has 0 unspecified atom stereocenters. The van der Waals surface area contributed by atoms with Gasteiger partial charge in [0.2, 0.25) is 5.88 Å². The molecule has 23 heavy (non-hydrogen) atoms. The lowest BCUT2D eigenvalue weighted by molar-refractivity contribution is -0.137. The van der Waals surface area contributed by atoms with Gasteiger partial charge in [0.15, 0.2) is 0 Å². The van der Waals surface area contributed by atoms with E-state index in [0.717, 1.165) is 12.1 Å². The highest BCUT2D eigenvalue weighted by atomic mass is 79.9. The lowest BCUT2D eigenvalue weighted by atomic mass is 10.1. The van der Waals surface area contributed by atoms with Crippen LogP contribution in [0.5, 0.6) is 5.75 Å². The Bertz CT molecular complexity index is 715. The quantitative estimate of drug-likeness (QED) is 0.795. The topological polar surface area (TPSA) is 43.4 Å². The van der Waals surface area contributed by atoms with E-state index in [0.29, 0.717) is 21.8 Å². The molecule has 4 nitrogen and oxygen atoms in total. The van der Waals surface area contributed by atoms with Crippen LogP contribution in [-0.2, 0) is 11.0 Å². The van der Waals surface area contributed by atoms with Crippen LogP contribution in [0, 0.1) is 0 Å². The number of pyridine rings is 1. The lowest BCUT2D eigenvalue weighted by Gasteiger charge is -2.10. The zero-order valence-corrected chi connectivity index (χ0v) is 13.1. The van der Waals surface area contributed by atoms with Crippen LogP contribution in [0.2, 0.25) is 0 Å². The first-order chi connectivity index (χ1) is 10.9. The first-order valence-electron chi connectivity index (χ1n) is 6.52. The molecule has 8 heteroatoms. The molecule has 0 bridgehead atoms. The van der Waals surface area contributed by atoms with Crippen LogP contribution in [0.15, 0.2) is 59.2 Å². The summed E-state index contributed by atoms with van der Waals surface area (Å²) in [6.07, 6.45) is -1.73. The number of hydrogen-bond acceptors (Lipinski definition) is 4. The maximum Gasteiger partial charge on any atom is 0.416 e. The molecule has 0 amide bonds. The molecule has 120 valence electrons. The Morgan fingerprint density at radius 3 is 2.48 bits per heavy atom. The summed E-state index contributed by atoms with van der Waals surface area (Å²) in [7, 11) is 0. The third-order valence-electron chi connectivity index (χ3n) is 3.08. The highest BCUT2D eigenvalue weighted by Crippen LogP contribution is 2.31. The molecule has 0 saturated carbocycles. The van der Waals surface area contributed by atoms with Crippen molar-refractivity contribution in [1.29, 1.82) is 0 Å². The van der Waals surface area contributed by atoms with Gasteiger partial charge < -0.3 is 4.74 Å². The number of ether oxygens (including phenoxy) is 1. The van der Waals surface area contributed by atoms with E-state index < -0.39 is 17.8 Å². The summed E-state index contributed by atoms with van der Waals surface area (Å²) in [6, 6.07) is 8.21. The largest absolute Gasteiger partial charge is 0.438 e. The zero-order valence-electron chi connectivity index (χ0n) is 11.5. The number of nitrogens with one attached hydrogen (secondary N) is 1. The van der Waals surface area contributed by atoms with Crippen molar-refractivity contribution in [3.05, 3.63) is 70.3 Å². The molecule has 2 aromatic rings. The Labute approximate surface area is 138 Å². The standard InChI is InChI=1S/C15H10BrF3N2O2/c16-13-6-5-11(8-20-13)22-14-7-12(23-21-14)9-1-3-10(4-2-9)15(17,18)19/h1-8,12,21H/t12-/m1/s1. The van der Waals surface area contributed by atoms with Crippen LogP contribution < -0.4 is 10.2 Å². The number of alkyl halides is 3. The fraction of sp³-hybridized carbons (Fsp3) is 0.133. The molecular formula is C15H10BrF3N2O2. The van der Waals surface area contributed by atoms with E-state index in [1.165, 1.54) is 18.3 Å². The third kappa shape index (κ3) is 3.83. The number of halogens is 4. The van der Waals surface area contributed by atoms with Gasteiger partial charge in [-0.1, -0.05) is 12.1 Å². The van der Waals surface area contributed by atoms with Gasteiger partial charge in [0.1, 0.15) is 16.5 Å². The van der Waals surface area contributed by atoms with Crippen molar-refractivity contribution in [2.24, 2.45) is 0 Å². The fourth-order valence-electron chi connectivity index (χ4n) is 1.96. The smallest absolute Gasteiger partial charge is 0.416 e. The average molecular weight is 387 g/mol.